The molecule has 6 atom stereocenters. The Morgan fingerprint density at radius 1 is 0.795 bits per heavy atom. The number of aliphatic hydroxyl groups is 2. The molecule has 9 rings (SSSR count). The van der Waals surface area contributed by atoms with Crippen LogP contribution in [-0.4, -0.2) is 78.6 Å². The summed E-state index contributed by atoms with van der Waals surface area (Å²) in [7, 11) is 0. The lowest BCUT2D eigenvalue weighted by Gasteiger charge is -2.59. The van der Waals surface area contributed by atoms with Crippen molar-refractivity contribution >= 4 is 11.8 Å². The molecule has 73 heavy (non-hydrogen) atoms. The minimum Gasteiger partial charge on any atom is -0.489 e. The molecule has 2 N–H and O–H groups in total. The average Bonchev–Trinajstić information content (AvgIpc) is 3.89. The highest BCUT2D eigenvalue weighted by molar-refractivity contribution is 6.03. The van der Waals surface area contributed by atoms with E-state index in [2.05, 4.69) is 12.7 Å². The average molecular weight is 997 g/mol. The van der Waals surface area contributed by atoms with E-state index in [9.17, 15) is 14.6 Å². The van der Waals surface area contributed by atoms with Crippen LogP contribution >= 0.6 is 0 Å². The quantitative estimate of drug-likeness (QED) is 0.0327. The van der Waals surface area contributed by atoms with Gasteiger partial charge in [-0.2, -0.15) is 0 Å². The predicted octanol–water partition coefficient (Wildman–Crippen LogP) is 10.8. The first-order chi connectivity index (χ1) is 35.9. The molecule has 0 bridgehead atoms. The molecule has 2 aliphatic carbocycles. The first-order valence-corrected chi connectivity index (χ1v) is 25.4. The summed E-state index contributed by atoms with van der Waals surface area (Å²) in [5, 5.41) is 25.1. The van der Waals surface area contributed by atoms with Crippen LogP contribution in [0.15, 0.2) is 151 Å². The van der Waals surface area contributed by atoms with Gasteiger partial charge < -0.3 is 48.2 Å². The SMILES string of the molecule is C=CCOC12Oc3ccc(OCc4ccccc4F)cc3C3C(CCCCO)C(CCCCO)C=C(C(=NOCc4ccccc4)CC1N(Cc1ccc4c(c1)OCO4)C(=O)OCCOCc1ccccc1)C32. The van der Waals surface area contributed by atoms with Crippen molar-refractivity contribution in [2.24, 2.45) is 22.9 Å². The van der Waals surface area contributed by atoms with Crippen molar-refractivity contribution in [1.29, 1.82) is 0 Å². The summed E-state index contributed by atoms with van der Waals surface area (Å²) in [4.78, 5) is 23.2. The topological polar surface area (TPSA) is 147 Å². The number of ether oxygens (including phenoxy) is 7. The van der Waals surface area contributed by atoms with E-state index in [4.69, 9.17) is 43.2 Å². The van der Waals surface area contributed by atoms with Gasteiger partial charge in [-0.05, 0) is 96.2 Å². The molecule has 384 valence electrons. The molecule has 5 aromatic carbocycles. The number of fused-ring (bicyclic) bond motifs is 3. The smallest absolute Gasteiger partial charge is 0.410 e. The first-order valence-electron chi connectivity index (χ1n) is 25.4. The van der Waals surface area contributed by atoms with Crippen LogP contribution in [0.25, 0.3) is 0 Å². The van der Waals surface area contributed by atoms with E-state index < -0.39 is 23.8 Å². The van der Waals surface area contributed by atoms with Gasteiger partial charge in [0.2, 0.25) is 12.6 Å². The third kappa shape index (κ3) is 12.1. The Labute approximate surface area is 426 Å². The molecule has 14 heteroatoms. The predicted molar refractivity (Wildman–Crippen MR) is 272 cm³/mol. The van der Waals surface area contributed by atoms with E-state index in [-0.39, 0.29) is 89.6 Å². The van der Waals surface area contributed by atoms with Crippen LogP contribution in [0, 0.1) is 23.6 Å². The van der Waals surface area contributed by atoms with Crippen molar-refractivity contribution in [3.63, 3.8) is 0 Å². The van der Waals surface area contributed by atoms with Gasteiger partial charge in [-0.3, -0.25) is 4.90 Å². The van der Waals surface area contributed by atoms with Crippen molar-refractivity contribution < 1.29 is 57.4 Å². The second kappa shape index (κ2) is 24.8. The lowest BCUT2D eigenvalue weighted by molar-refractivity contribution is -0.256. The fourth-order valence-corrected chi connectivity index (χ4v) is 10.8. The molecule has 1 fully saturated rings. The molecule has 1 amide bonds. The maximum absolute atomic E-state index is 15.2. The zero-order valence-corrected chi connectivity index (χ0v) is 41.2. The summed E-state index contributed by atoms with van der Waals surface area (Å²) in [5.41, 5.74) is 5.47. The zero-order valence-electron chi connectivity index (χ0n) is 41.2. The highest BCUT2D eigenvalue weighted by Gasteiger charge is 2.65. The van der Waals surface area contributed by atoms with E-state index in [1.54, 1.807) is 29.2 Å². The van der Waals surface area contributed by atoms with Crippen molar-refractivity contribution in [3.8, 4) is 23.0 Å². The molecule has 0 saturated heterocycles. The Morgan fingerprint density at radius 3 is 2.29 bits per heavy atom. The number of hydrogen-bond acceptors (Lipinski definition) is 12. The van der Waals surface area contributed by atoms with Crippen molar-refractivity contribution in [3.05, 3.63) is 179 Å². The molecule has 0 spiro atoms. The Balaban J connectivity index is 1.18. The summed E-state index contributed by atoms with van der Waals surface area (Å²) in [5.74, 6) is -0.681. The minimum atomic E-state index is -1.57. The number of hydrogen-bond donors (Lipinski definition) is 2. The molecule has 2 aliphatic heterocycles. The molecular formula is C59H65FN2O11. The molecular weight excluding hydrogens is 932 g/mol. The van der Waals surface area contributed by atoms with Crippen LogP contribution in [-0.2, 0) is 45.4 Å². The van der Waals surface area contributed by atoms with E-state index in [1.165, 1.54) is 6.07 Å². The lowest BCUT2D eigenvalue weighted by atomic mass is 9.55. The second-order valence-corrected chi connectivity index (χ2v) is 18.9. The van der Waals surface area contributed by atoms with Gasteiger partial charge in [0, 0.05) is 43.2 Å². The largest absolute Gasteiger partial charge is 0.489 e. The number of rotatable bonds is 25. The standard InChI is InChI=1S/C59H65FN2O11/c1-2-29-71-59-55(62(36-43-23-25-53-54(32-43)70-40-69-53)58(65)67-31-30-66-37-41-15-5-3-6-16-41)35-51(61-72-38-42-17-7-4-8-18-42)48-33-44(19-11-13-27-63)47(21-12-14-28-64)56(57(48)59)49-34-46(24-26-52(49)73-59)68-39-45-20-9-10-22-50(45)60/h2-10,15-18,20,22-26,32-34,44,47,55-57,63-64H,1,11-14,19,21,27-31,35-40H2. The second-order valence-electron chi connectivity index (χ2n) is 18.9. The van der Waals surface area contributed by atoms with Gasteiger partial charge in [0.15, 0.2) is 11.5 Å². The van der Waals surface area contributed by atoms with Gasteiger partial charge in [0.25, 0.3) is 0 Å². The van der Waals surface area contributed by atoms with Gasteiger partial charge in [-0.1, -0.05) is 115 Å². The molecule has 1 saturated carbocycles. The minimum absolute atomic E-state index is 0.00556. The number of oxime groups is 1. The lowest BCUT2D eigenvalue weighted by Crippen LogP contribution is -2.70. The van der Waals surface area contributed by atoms with E-state index in [1.807, 2.05) is 97.1 Å². The Morgan fingerprint density at radius 2 is 1.52 bits per heavy atom. The number of nitrogens with zero attached hydrogens (tertiary/aromatic N) is 2. The van der Waals surface area contributed by atoms with Gasteiger partial charge in [0.1, 0.15) is 43.2 Å². The van der Waals surface area contributed by atoms with Crippen LogP contribution in [0.2, 0.25) is 0 Å². The summed E-state index contributed by atoms with van der Waals surface area (Å²) in [6.07, 6.45) is 7.76. The number of halogens is 1. The molecule has 6 unspecified atom stereocenters. The number of unbranched alkanes of at least 4 members (excludes halogenated alkanes) is 2. The normalized spacial score (nSPS) is 21.8. The third-order valence-corrected chi connectivity index (χ3v) is 14.2. The van der Waals surface area contributed by atoms with Gasteiger partial charge in [-0.25, -0.2) is 9.18 Å². The maximum Gasteiger partial charge on any atom is 0.410 e. The summed E-state index contributed by atoms with van der Waals surface area (Å²) in [6, 6.07) is 36.5. The van der Waals surface area contributed by atoms with Crippen molar-refractivity contribution in [2.45, 2.75) is 89.1 Å². The maximum atomic E-state index is 15.2. The van der Waals surface area contributed by atoms with Crippen LogP contribution in [0.1, 0.15) is 78.7 Å². The fraction of sp³-hybridized carbons (Fsp3) is 0.390. The fourth-order valence-electron chi connectivity index (χ4n) is 10.8. The highest BCUT2D eigenvalue weighted by Crippen LogP contribution is 2.62. The summed E-state index contributed by atoms with van der Waals surface area (Å²) >= 11 is 0. The first kappa shape index (κ1) is 51.2. The van der Waals surface area contributed by atoms with Crippen molar-refractivity contribution in [2.75, 3.05) is 39.8 Å². The van der Waals surface area contributed by atoms with Crippen LogP contribution < -0.4 is 18.9 Å². The molecule has 4 aliphatic rings. The number of carbonyl (C=O) groups is 1. The van der Waals surface area contributed by atoms with E-state index in [0.717, 1.165) is 53.5 Å². The highest BCUT2D eigenvalue weighted by atomic mass is 19.1. The third-order valence-electron chi connectivity index (χ3n) is 14.2. The zero-order chi connectivity index (χ0) is 50.4. The Kier molecular flexibility index (Phi) is 17.4. The number of amides is 1. The van der Waals surface area contributed by atoms with Crippen LogP contribution in [0.4, 0.5) is 9.18 Å². The van der Waals surface area contributed by atoms with Crippen molar-refractivity contribution in [1.82, 2.24) is 4.90 Å². The summed E-state index contributed by atoms with van der Waals surface area (Å²) in [6.45, 7) is 5.08. The molecule has 0 radical (unpaired) electrons. The number of benzene rings is 5. The monoisotopic (exact) mass is 996 g/mol. The Bertz CT molecular complexity index is 2680. The Hall–Kier alpha value is -6.71. The van der Waals surface area contributed by atoms with Gasteiger partial charge >= 0.3 is 6.09 Å². The number of aliphatic hydroxyl groups excluding tert-OH is 2. The summed E-state index contributed by atoms with van der Waals surface area (Å²) < 4.78 is 59.6. The number of allylic oxidation sites excluding steroid dienone is 1. The van der Waals surface area contributed by atoms with Gasteiger partial charge in [-0.15, -0.1) is 6.58 Å². The van der Waals surface area contributed by atoms with Gasteiger partial charge in [0.05, 0.1) is 31.5 Å². The molecule has 13 nitrogen and oxygen atoms in total. The number of carbonyl (C=O) groups excluding carboxylic acids is 1. The van der Waals surface area contributed by atoms with E-state index in [0.29, 0.717) is 53.7 Å². The molecule has 0 aromatic heterocycles. The molecule has 5 aromatic rings. The van der Waals surface area contributed by atoms with Crippen LogP contribution in [0.3, 0.4) is 0 Å². The van der Waals surface area contributed by atoms with E-state index >= 15 is 4.79 Å². The van der Waals surface area contributed by atoms with Crippen LogP contribution in [0.5, 0.6) is 23.0 Å². The molecule has 2 heterocycles.